The van der Waals surface area contributed by atoms with Crippen molar-refractivity contribution in [1.29, 1.82) is 0 Å². The second kappa shape index (κ2) is 5.50. The van der Waals surface area contributed by atoms with Gasteiger partial charge in [0.05, 0.1) is 10.7 Å². The van der Waals surface area contributed by atoms with Crippen LogP contribution in [0.4, 0.5) is 10.1 Å². The summed E-state index contributed by atoms with van der Waals surface area (Å²) in [4.78, 5) is 12.2. The molecule has 3 rings (SSSR count). The molecular weight excluding hydrogens is 361 g/mol. The molecule has 6 heteroatoms. The average Bonchev–Trinajstić information content (AvgIpc) is 2.86. The molecule has 0 unspecified atom stereocenters. The number of anilines is 1. The van der Waals surface area contributed by atoms with Crippen LogP contribution in [0.2, 0.25) is 5.02 Å². The van der Waals surface area contributed by atoms with Crippen molar-refractivity contribution in [1.82, 2.24) is 0 Å². The van der Waals surface area contributed by atoms with Gasteiger partial charge in [0.25, 0.3) is 5.91 Å². The van der Waals surface area contributed by atoms with Crippen molar-refractivity contribution >= 4 is 50.1 Å². The van der Waals surface area contributed by atoms with E-state index in [2.05, 4.69) is 21.2 Å². The Kier molecular flexibility index (Phi) is 3.69. The Morgan fingerprint density at radius 3 is 2.71 bits per heavy atom. The van der Waals surface area contributed by atoms with Crippen molar-refractivity contribution in [2.45, 2.75) is 0 Å². The maximum atomic E-state index is 13.2. The number of fused-ring (bicyclic) bond motifs is 1. The van der Waals surface area contributed by atoms with E-state index in [9.17, 15) is 9.18 Å². The maximum absolute atomic E-state index is 13.2. The number of carbonyl (C=O) groups is 1. The number of benzene rings is 2. The molecule has 0 aliphatic carbocycles. The molecule has 1 aromatic heterocycles. The summed E-state index contributed by atoms with van der Waals surface area (Å²) in [5, 5.41) is 3.53. The fourth-order valence-corrected chi connectivity index (χ4v) is 2.83. The molecular formula is C15H8BrClFNO2. The van der Waals surface area contributed by atoms with Gasteiger partial charge in [0.15, 0.2) is 5.76 Å². The van der Waals surface area contributed by atoms with Gasteiger partial charge in [-0.3, -0.25) is 4.79 Å². The summed E-state index contributed by atoms with van der Waals surface area (Å²) in [6, 6.07) is 11.3. The minimum atomic E-state index is -0.492. The zero-order valence-corrected chi connectivity index (χ0v) is 12.8. The van der Waals surface area contributed by atoms with Crippen LogP contribution in [-0.4, -0.2) is 5.91 Å². The summed E-state index contributed by atoms with van der Waals surface area (Å²) in [6.07, 6.45) is 0. The molecule has 106 valence electrons. The van der Waals surface area contributed by atoms with Crippen LogP contribution in [0.5, 0.6) is 0 Å². The van der Waals surface area contributed by atoms with Gasteiger partial charge < -0.3 is 9.73 Å². The number of para-hydroxylation sites is 1. The highest BCUT2D eigenvalue weighted by Gasteiger charge is 2.16. The molecule has 0 aliphatic heterocycles. The zero-order chi connectivity index (χ0) is 15.0. The third-order valence-electron chi connectivity index (χ3n) is 2.89. The van der Waals surface area contributed by atoms with E-state index in [1.807, 2.05) is 18.2 Å². The predicted octanol–water partition coefficient (Wildman–Crippen LogP) is 5.24. The fraction of sp³-hybridized carbons (Fsp3) is 0. The standard InChI is InChI=1S/C15H8BrClFNO2/c16-10-6-9(18)7-11(17)14(10)19-15(20)13-5-8-3-1-2-4-12(8)21-13/h1-7H,(H,19,20). The molecule has 3 aromatic rings. The number of amides is 1. The van der Waals surface area contributed by atoms with E-state index in [1.165, 1.54) is 6.07 Å². The smallest absolute Gasteiger partial charge is 0.291 e. The molecule has 0 saturated carbocycles. The predicted molar refractivity (Wildman–Crippen MR) is 83.3 cm³/mol. The van der Waals surface area contributed by atoms with Crippen LogP contribution in [0.3, 0.4) is 0 Å². The highest BCUT2D eigenvalue weighted by Crippen LogP contribution is 2.32. The first-order valence-electron chi connectivity index (χ1n) is 5.99. The highest BCUT2D eigenvalue weighted by atomic mass is 79.9. The van der Waals surface area contributed by atoms with Crippen molar-refractivity contribution in [2.75, 3.05) is 5.32 Å². The quantitative estimate of drug-likeness (QED) is 0.672. The first kappa shape index (κ1) is 14.1. The Morgan fingerprint density at radius 2 is 2.00 bits per heavy atom. The second-order valence-corrected chi connectivity index (χ2v) is 5.61. The van der Waals surface area contributed by atoms with Crippen LogP contribution < -0.4 is 5.32 Å². The number of furan rings is 1. The number of hydrogen-bond acceptors (Lipinski definition) is 2. The van der Waals surface area contributed by atoms with Gasteiger partial charge in [-0.05, 0) is 40.2 Å². The average molecular weight is 369 g/mol. The Labute approximate surface area is 132 Å². The van der Waals surface area contributed by atoms with Gasteiger partial charge in [-0.2, -0.15) is 0 Å². The first-order chi connectivity index (χ1) is 10.0. The van der Waals surface area contributed by atoms with E-state index in [-0.39, 0.29) is 10.8 Å². The molecule has 0 saturated heterocycles. The molecule has 2 aromatic carbocycles. The molecule has 3 nitrogen and oxygen atoms in total. The lowest BCUT2D eigenvalue weighted by Gasteiger charge is -2.08. The lowest BCUT2D eigenvalue weighted by atomic mass is 10.2. The molecule has 0 fully saturated rings. The normalized spacial score (nSPS) is 10.8. The van der Waals surface area contributed by atoms with Crippen LogP contribution in [-0.2, 0) is 0 Å². The van der Waals surface area contributed by atoms with Gasteiger partial charge in [-0.15, -0.1) is 0 Å². The van der Waals surface area contributed by atoms with E-state index in [1.54, 1.807) is 12.1 Å². The molecule has 0 spiro atoms. The van der Waals surface area contributed by atoms with Crippen molar-refractivity contribution in [3.8, 4) is 0 Å². The van der Waals surface area contributed by atoms with E-state index in [0.717, 1.165) is 11.5 Å². The SMILES string of the molecule is O=C(Nc1c(Cl)cc(F)cc1Br)c1cc2ccccc2o1. The lowest BCUT2D eigenvalue weighted by Crippen LogP contribution is -2.11. The molecule has 0 atom stereocenters. The van der Waals surface area contributed by atoms with E-state index < -0.39 is 11.7 Å². The van der Waals surface area contributed by atoms with Gasteiger partial charge >= 0.3 is 0 Å². The van der Waals surface area contributed by atoms with Gasteiger partial charge in [-0.25, -0.2) is 4.39 Å². The van der Waals surface area contributed by atoms with Crippen molar-refractivity contribution < 1.29 is 13.6 Å². The first-order valence-corrected chi connectivity index (χ1v) is 7.16. The molecule has 0 radical (unpaired) electrons. The number of rotatable bonds is 2. The monoisotopic (exact) mass is 367 g/mol. The van der Waals surface area contributed by atoms with E-state index in [0.29, 0.717) is 15.7 Å². The number of nitrogens with one attached hydrogen (secondary N) is 1. The van der Waals surface area contributed by atoms with Crippen LogP contribution >= 0.6 is 27.5 Å². The minimum absolute atomic E-state index is 0.103. The lowest BCUT2D eigenvalue weighted by molar-refractivity contribution is 0.0998. The Bertz CT molecular complexity index is 791. The zero-order valence-electron chi connectivity index (χ0n) is 10.5. The van der Waals surface area contributed by atoms with E-state index >= 15 is 0 Å². The van der Waals surface area contributed by atoms with E-state index in [4.69, 9.17) is 16.0 Å². The maximum Gasteiger partial charge on any atom is 0.291 e. The van der Waals surface area contributed by atoms with Crippen LogP contribution in [0.25, 0.3) is 11.0 Å². The molecule has 0 aliphatic rings. The van der Waals surface area contributed by atoms with Crippen LogP contribution in [0, 0.1) is 5.82 Å². The molecule has 0 bridgehead atoms. The number of hydrogen-bond donors (Lipinski definition) is 1. The highest BCUT2D eigenvalue weighted by molar-refractivity contribution is 9.10. The Hall–Kier alpha value is -1.85. The van der Waals surface area contributed by atoms with Gasteiger partial charge in [0.1, 0.15) is 11.4 Å². The number of halogens is 3. The topological polar surface area (TPSA) is 42.2 Å². The van der Waals surface area contributed by atoms with Crippen LogP contribution in [0.1, 0.15) is 10.6 Å². The summed E-state index contributed by atoms with van der Waals surface area (Å²) >= 11 is 9.09. The Balaban J connectivity index is 1.93. The number of carbonyl (C=O) groups excluding carboxylic acids is 1. The Morgan fingerprint density at radius 1 is 1.24 bits per heavy atom. The van der Waals surface area contributed by atoms with Gasteiger partial charge in [-0.1, -0.05) is 29.8 Å². The van der Waals surface area contributed by atoms with Crippen LogP contribution in [0.15, 0.2) is 51.4 Å². The van der Waals surface area contributed by atoms with Gasteiger partial charge in [0, 0.05) is 9.86 Å². The third-order valence-corrected chi connectivity index (χ3v) is 3.82. The summed E-state index contributed by atoms with van der Waals surface area (Å²) in [6.45, 7) is 0. The minimum Gasteiger partial charge on any atom is -0.451 e. The summed E-state index contributed by atoms with van der Waals surface area (Å²) in [5.41, 5.74) is 0.912. The van der Waals surface area contributed by atoms with Crippen molar-refractivity contribution in [2.24, 2.45) is 0 Å². The summed E-state index contributed by atoms with van der Waals surface area (Å²) in [5.74, 6) is -0.794. The molecule has 21 heavy (non-hydrogen) atoms. The molecule has 1 N–H and O–H groups in total. The third kappa shape index (κ3) is 2.80. The summed E-state index contributed by atoms with van der Waals surface area (Å²) in [7, 11) is 0. The fourth-order valence-electron chi connectivity index (χ4n) is 1.93. The largest absolute Gasteiger partial charge is 0.451 e. The molecule has 1 amide bonds. The summed E-state index contributed by atoms with van der Waals surface area (Å²) < 4.78 is 19.0. The second-order valence-electron chi connectivity index (χ2n) is 4.35. The molecule has 1 heterocycles. The van der Waals surface area contributed by atoms with Gasteiger partial charge in [0.2, 0.25) is 0 Å². The van der Waals surface area contributed by atoms with Crippen molar-refractivity contribution in [3.05, 3.63) is 63.5 Å². The van der Waals surface area contributed by atoms with Crippen molar-refractivity contribution in [3.63, 3.8) is 0 Å².